The fourth-order valence-corrected chi connectivity index (χ4v) is 3.64. The van der Waals surface area contributed by atoms with Crippen LogP contribution in [0, 0.1) is 0 Å². The monoisotopic (exact) mass is 389 g/mol. The predicted octanol–water partition coefficient (Wildman–Crippen LogP) is 5.89. The van der Waals surface area contributed by atoms with Gasteiger partial charge in [-0.3, -0.25) is 4.79 Å². The van der Waals surface area contributed by atoms with Gasteiger partial charge in [-0.2, -0.15) is 0 Å². The van der Waals surface area contributed by atoms with Crippen molar-refractivity contribution in [1.82, 2.24) is 0 Å². The minimum atomic E-state index is -0.806. The summed E-state index contributed by atoms with van der Waals surface area (Å²) < 4.78 is 5.41. The van der Waals surface area contributed by atoms with Crippen molar-refractivity contribution in [3.05, 3.63) is 84.6 Å². The van der Waals surface area contributed by atoms with Crippen molar-refractivity contribution >= 4 is 34.4 Å². The zero-order valence-electron chi connectivity index (χ0n) is 15.1. The molecule has 0 saturated carbocycles. The molecule has 0 radical (unpaired) electrons. The van der Waals surface area contributed by atoms with Gasteiger partial charge in [0.15, 0.2) is 0 Å². The zero-order chi connectivity index (χ0) is 19.3. The molecule has 4 nitrogen and oxygen atoms in total. The Morgan fingerprint density at radius 2 is 1.79 bits per heavy atom. The molecule has 28 heavy (non-hydrogen) atoms. The third kappa shape index (κ3) is 4.38. The van der Waals surface area contributed by atoms with E-state index in [-0.39, 0.29) is 5.75 Å². The van der Waals surface area contributed by atoms with E-state index < -0.39 is 5.97 Å². The minimum absolute atomic E-state index is 0.0736. The van der Waals surface area contributed by atoms with E-state index in [4.69, 9.17) is 9.52 Å². The molecule has 4 aromatic rings. The summed E-state index contributed by atoms with van der Waals surface area (Å²) in [6, 6.07) is 24.5. The lowest BCUT2D eigenvalue weighted by atomic mass is 10.0. The third-order valence-corrected chi connectivity index (χ3v) is 5.42. The Kier molecular flexibility index (Phi) is 5.35. The number of anilines is 1. The van der Waals surface area contributed by atoms with Crippen LogP contribution in [0.1, 0.15) is 5.56 Å². The Labute approximate surface area is 167 Å². The van der Waals surface area contributed by atoms with Gasteiger partial charge in [-0.1, -0.05) is 24.3 Å². The number of nitrogens with one attached hydrogen (secondary N) is 1. The molecule has 0 atom stereocenters. The Morgan fingerprint density at radius 1 is 0.964 bits per heavy atom. The van der Waals surface area contributed by atoms with Crippen LogP contribution in [0.2, 0.25) is 0 Å². The van der Waals surface area contributed by atoms with Gasteiger partial charge in [-0.15, -0.1) is 11.8 Å². The normalized spacial score (nSPS) is 10.9. The lowest BCUT2D eigenvalue weighted by Crippen LogP contribution is -2.00. The molecule has 2 N–H and O–H groups in total. The predicted molar refractivity (Wildman–Crippen MR) is 114 cm³/mol. The van der Waals surface area contributed by atoms with E-state index in [1.54, 1.807) is 6.26 Å². The summed E-state index contributed by atoms with van der Waals surface area (Å²) in [5, 5.41) is 13.3. The number of carbonyl (C=O) groups is 1. The maximum atomic E-state index is 10.6. The van der Waals surface area contributed by atoms with Crippen LogP contribution in [-0.2, 0) is 11.3 Å². The first-order chi connectivity index (χ1) is 13.7. The molecule has 0 aliphatic heterocycles. The van der Waals surface area contributed by atoms with Gasteiger partial charge in [-0.05, 0) is 65.2 Å². The molecular weight excluding hydrogens is 370 g/mol. The first-order valence-corrected chi connectivity index (χ1v) is 9.91. The average Bonchev–Trinajstić information content (AvgIpc) is 3.19. The van der Waals surface area contributed by atoms with E-state index in [0.717, 1.165) is 27.1 Å². The number of carboxylic acids is 1. The second kappa shape index (κ2) is 8.23. The summed E-state index contributed by atoms with van der Waals surface area (Å²) in [4.78, 5) is 11.6. The fraction of sp³-hybridized carbons (Fsp3) is 0.0870. The molecule has 0 saturated heterocycles. The summed E-state index contributed by atoms with van der Waals surface area (Å²) in [5.74, 6) is -0.733. The van der Waals surface area contributed by atoms with E-state index >= 15 is 0 Å². The highest BCUT2D eigenvalue weighted by Crippen LogP contribution is 2.26. The van der Waals surface area contributed by atoms with Crippen LogP contribution in [0.4, 0.5) is 5.69 Å². The second-order valence-corrected chi connectivity index (χ2v) is 7.48. The van der Waals surface area contributed by atoms with E-state index in [0.29, 0.717) is 6.54 Å². The molecule has 1 aromatic heterocycles. The number of rotatable bonds is 7. The van der Waals surface area contributed by atoms with Crippen LogP contribution < -0.4 is 5.32 Å². The van der Waals surface area contributed by atoms with Crippen molar-refractivity contribution in [2.45, 2.75) is 11.4 Å². The SMILES string of the molecule is O=C(O)CSc1ccc(NCc2cccc(-c3ccc4occc4c3)c2)cc1. The van der Waals surface area contributed by atoms with Gasteiger partial charge in [-0.25, -0.2) is 0 Å². The van der Waals surface area contributed by atoms with Crippen molar-refractivity contribution in [2.24, 2.45) is 0 Å². The largest absolute Gasteiger partial charge is 0.481 e. The van der Waals surface area contributed by atoms with Crippen molar-refractivity contribution in [3.8, 4) is 11.1 Å². The highest BCUT2D eigenvalue weighted by atomic mass is 32.2. The number of aliphatic carboxylic acids is 1. The Bertz CT molecular complexity index is 1100. The van der Waals surface area contributed by atoms with Crippen LogP contribution in [0.3, 0.4) is 0 Å². The van der Waals surface area contributed by atoms with Crippen LogP contribution in [0.5, 0.6) is 0 Å². The number of thioether (sulfide) groups is 1. The number of furan rings is 1. The molecule has 4 rings (SSSR count). The minimum Gasteiger partial charge on any atom is -0.481 e. The number of benzene rings is 3. The zero-order valence-corrected chi connectivity index (χ0v) is 15.9. The molecule has 0 aliphatic rings. The Hall–Kier alpha value is -3.18. The van der Waals surface area contributed by atoms with E-state index in [1.165, 1.54) is 22.9 Å². The van der Waals surface area contributed by atoms with E-state index in [9.17, 15) is 4.79 Å². The molecule has 0 fully saturated rings. The number of hydrogen-bond acceptors (Lipinski definition) is 4. The topological polar surface area (TPSA) is 62.5 Å². The summed E-state index contributed by atoms with van der Waals surface area (Å²) in [6.07, 6.45) is 1.71. The maximum Gasteiger partial charge on any atom is 0.313 e. The highest BCUT2D eigenvalue weighted by molar-refractivity contribution is 8.00. The van der Waals surface area contributed by atoms with Crippen molar-refractivity contribution in [2.75, 3.05) is 11.1 Å². The van der Waals surface area contributed by atoms with E-state index in [2.05, 4.69) is 41.7 Å². The first-order valence-electron chi connectivity index (χ1n) is 8.92. The van der Waals surface area contributed by atoms with Gasteiger partial charge < -0.3 is 14.8 Å². The highest BCUT2D eigenvalue weighted by Gasteiger charge is 2.04. The Balaban J connectivity index is 1.42. The van der Waals surface area contributed by atoms with Crippen molar-refractivity contribution < 1.29 is 14.3 Å². The van der Waals surface area contributed by atoms with Gasteiger partial charge in [0, 0.05) is 22.5 Å². The van der Waals surface area contributed by atoms with Crippen LogP contribution in [0.25, 0.3) is 22.1 Å². The lowest BCUT2D eigenvalue weighted by molar-refractivity contribution is -0.133. The van der Waals surface area contributed by atoms with Crippen LogP contribution >= 0.6 is 11.8 Å². The lowest BCUT2D eigenvalue weighted by Gasteiger charge is -2.09. The summed E-state index contributed by atoms with van der Waals surface area (Å²) in [7, 11) is 0. The number of fused-ring (bicyclic) bond motifs is 1. The molecule has 0 amide bonds. The summed E-state index contributed by atoms with van der Waals surface area (Å²) in [6.45, 7) is 0.712. The van der Waals surface area contributed by atoms with Crippen LogP contribution in [0.15, 0.2) is 88.4 Å². The quantitative estimate of drug-likeness (QED) is 0.386. The molecule has 1 heterocycles. The average molecular weight is 389 g/mol. The first kappa shape index (κ1) is 18.2. The number of hydrogen-bond donors (Lipinski definition) is 2. The van der Waals surface area contributed by atoms with E-state index in [1.807, 2.05) is 36.4 Å². The van der Waals surface area contributed by atoms with Gasteiger partial charge in [0.25, 0.3) is 0 Å². The number of carboxylic acid groups (broad SMARTS) is 1. The standard InChI is InChI=1S/C23H19NO3S/c25-23(26)15-28-21-7-5-20(6-8-21)24-14-16-2-1-3-17(12-16)18-4-9-22-19(13-18)10-11-27-22/h1-13,24H,14-15H2,(H,25,26). The molecule has 0 aliphatic carbocycles. The van der Waals surface area contributed by atoms with Gasteiger partial charge in [0.05, 0.1) is 12.0 Å². The fourth-order valence-electron chi connectivity index (χ4n) is 3.03. The Morgan fingerprint density at radius 3 is 2.61 bits per heavy atom. The molecular formula is C23H19NO3S. The molecule has 140 valence electrons. The molecule has 0 spiro atoms. The van der Waals surface area contributed by atoms with Crippen molar-refractivity contribution in [3.63, 3.8) is 0 Å². The molecule has 0 bridgehead atoms. The molecule has 5 heteroatoms. The van der Waals surface area contributed by atoms with Gasteiger partial charge in [0.2, 0.25) is 0 Å². The maximum absolute atomic E-state index is 10.6. The molecule has 3 aromatic carbocycles. The smallest absolute Gasteiger partial charge is 0.313 e. The second-order valence-electron chi connectivity index (χ2n) is 6.43. The molecule has 0 unspecified atom stereocenters. The van der Waals surface area contributed by atoms with Crippen LogP contribution in [-0.4, -0.2) is 16.8 Å². The van der Waals surface area contributed by atoms with Crippen molar-refractivity contribution in [1.29, 1.82) is 0 Å². The summed E-state index contributed by atoms with van der Waals surface area (Å²) >= 11 is 1.32. The van der Waals surface area contributed by atoms with Gasteiger partial charge in [0.1, 0.15) is 5.58 Å². The summed E-state index contributed by atoms with van der Waals surface area (Å²) in [5.41, 5.74) is 5.42. The third-order valence-electron chi connectivity index (χ3n) is 4.43. The van der Waals surface area contributed by atoms with Gasteiger partial charge >= 0.3 is 5.97 Å².